The standard InChI is InChI=1S/C19H16ClF3N4O2/c1-12-10-16(24-17(28)7-9-26-8-3-2-4-18(26)29)27(25-12)15-11-13(19(21,22)23)5-6-14(15)20/h2-6,8,10-11H,7,9H2,1H3,(H,24,28). The van der Waals surface area contributed by atoms with Crippen molar-refractivity contribution in [2.45, 2.75) is 26.1 Å². The molecule has 1 aromatic carbocycles. The highest BCUT2D eigenvalue weighted by molar-refractivity contribution is 6.32. The highest BCUT2D eigenvalue weighted by atomic mass is 35.5. The molecule has 0 saturated heterocycles. The Kier molecular flexibility index (Phi) is 5.78. The van der Waals surface area contributed by atoms with E-state index in [9.17, 15) is 22.8 Å². The Balaban J connectivity index is 1.83. The Morgan fingerprint density at radius 3 is 2.66 bits per heavy atom. The van der Waals surface area contributed by atoms with E-state index < -0.39 is 17.6 Å². The molecule has 0 spiro atoms. The fourth-order valence-corrected chi connectivity index (χ4v) is 2.89. The molecule has 0 fully saturated rings. The minimum Gasteiger partial charge on any atom is -0.315 e. The van der Waals surface area contributed by atoms with Gasteiger partial charge in [0.25, 0.3) is 5.56 Å². The van der Waals surface area contributed by atoms with Gasteiger partial charge in [0.05, 0.1) is 22.0 Å². The molecule has 0 bridgehead atoms. The van der Waals surface area contributed by atoms with Crippen LogP contribution in [-0.2, 0) is 17.5 Å². The van der Waals surface area contributed by atoms with Crippen LogP contribution in [-0.4, -0.2) is 20.3 Å². The summed E-state index contributed by atoms with van der Waals surface area (Å²) in [6.07, 6.45) is -3.00. The summed E-state index contributed by atoms with van der Waals surface area (Å²) < 4.78 is 41.7. The molecule has 1 amide bonds. The zero-order valence-corrected chi connectivity index (χ0v) is 16.0. The normalized spacial score (nSPS) is 11.5. The maximum atomic E-state index is 13.1. The molecule has 2 aromatic heterocycles. The predicted octanol–water partition coefficient (Wildman–Crippen LogP) is 4.04. The molecule has 3 rings (SSSR count). The van der Waals surface area contributed by atoms with Gasteiger partial charge in [0, 0.05) is 31.3 Å². The third-order valence-electron chi connectivity index (χ3n) is 4.08. The second-order valence-corrected chi connectivity index (χ2v) is 6.68. The first-order chi connectivity index (χ1) is 13.6. The monoisotopic (exact) mass is 424 g/mol. The number of hydrogen-bond donors (Lipinski definition) is 1. The van der Waals surface area contributed by atoms with Gasteiger partial charge in [-0.15, -0.1) is 0 Å². The van der Waals surface area contributed by atoms with Crippen molar-refractivity contribution in [2.75, 3.05) is 5.32 Å². The van der Waals surface area contributed by atoms with Gasteiger partial charge in [0.1, 0.15) is 5.82 Å². The average molecular weight is 425 g/mol. The summed E-state index contributed by atoms with van der Waals surface area (Å²) in [4.78, 5) is 24.0. The van der Waals surface area contributed by atoms with Crippen molar-refractivity contribution in [3.8, 4) is 5.69 Å². The van der Waals surface area contributed by atoms with Crippen molar-refractivity contribution in [3.63, 3.8) is 0 Å². The van der Waals surface area contributed by atoms with Crippen LogP contribution in [0.2, 0.25) is 5.02 Å². The molecule has 0 aliphatic carbocycles. The van der Waals surface area contributed by atoms with E-state index in [0.29, 0.717) is 5.69 Å². The zero-order valence-electron chi connectivity index (χ0n) is 15.2. The summed E-state index contributed by atoms with van der Waals surface area (Å²) >= 11 is 6.08. The Morgan fingerprint density at radius 2 is 1.97 bits per heavy atom. The molecule has 0 aliphatic rings. The van der Waals surface area contributed by atoms with E-state index in [1.807, 2.05) is 0 Å². The van der Waals surface area contributed by atoms with Crippen molar-refractivity contribution in [2.24, 2.45) is 0 Å². The van der Waals surface area contributed by atoms with Gasteiger partial charge in [0.2, 0.25) is 5.91 Å². The van der Waals surface area contributed by atoms with E-state index in [2.05, 4.69) is 10.4 Å². The highest BCUT2D eigenvalue weighted by Gasteiger charge is 2.31. The van der Waals surface area contributed by atoms with Gasteiger partial charge in [-0.25, -0.2) is 4.68 Å². The molecule has 0 atom stereocenters. The Bertz CT molecular complexity index is 1110. The third-order valence-corrected chi connectivity index (χ3v) is 4.40. The SMILES string of the molecule is Cc1cc(NC(=O)CCn2ccccc2=O)n(-c2cc(C(F)(F)F)ccc2Cl)n1. The van der Waals surface area contributed by atoms with Gasteiger partial charge >= 0.3 is 6.18 Å². The van der Waals surface area contributed by atoms with E-state index in [1.54, 1.807) is 25.3 Å². The van der Waals surface area contributed by atoms with E-state index in [4.69, 9.17) is 11.6 Å². The van der Waals surface area contributed by atoms with Gasteiger partial charge in [0.15, 0.2) is 0 Å². The molecule has 1 N–H and O–H groups in total. The maximum Gasteiger partial charge on any atom is 0.416 e. The highest BCUT2D eigenvalue weighted by Crippen LogP contribution is 2.34. The molecule has 152 valence electrons. The average Bonchev–Trinajstić information content (AvgIpc) is 3.00. The fraction of sp³-hybridized carbons (Fsp3) is 0.211. The Morgan fingerprint density at radius 1 is 1.21 bits per heavy atom. The Hall–Kier alpha value is -3.07. The maximum absolute atomic E-state index is 13.1. The number of halogens is 4. The second kappa shape index (κ2) is 8.12. The minimum atomic E-state index is -4.55. The molecule has 6 nitrogen and oxygen atoms in total. The van der Waals surface area contributed by atoms with Gasteiger partial charge in [-0.05, 0) is 31.2 Å². The lowest BCUT2D eigenvalue weighted by Gasteiger charge is -2.13. The molecule has 10 heteroatoms. The number of carbonyl (C=O) groups excluding carboxylic acids is 1. The smallest absolute Gasteiger partial charge is 0.315 e. The quantitative estimate of drug-likeness (QED) is 0.672. The molecule has 3 aromatic rings. The van der Waals surface area contributed by atoms with Crippen molar-refractivity contribution in [1.29, 1.82) is 0 Å². The molecule has 0 unspecified atom stereocenters. The lowest BCUT2D eigenvalue weighted by Crippen LogP contribution is -2.22. The minimum absolute atomic E-state index is 0.00945. The molecular formula is C19H16ClF3N4O2. The van der Waals surface area contributed by atoms with Crippen LogP contribution in [0.15, 0.2) is 53.5 Å². The van der Waals surface area contributed by atoms with Crippen LogP contribution in [0.4, 0.5) is 19.0 Å². The molecule has 0 aliphatic heterocycles. The number of carbonyl (C=O) groups is 1. The predicted molar refractivity (Wildman–Crippen MR) is 102 cm³/mol. The van der Waals surface area contributed by atoms with Crippen LogP contribution in [0, 0.1) is 6.92 Å². The van der Waals surface area contributed by atoms with Gasteiger partial charge < -0.3 is 9.88 Å². The van der Waals surface area contributed by atoms with Crippen LogP contribution in [0.25, 0.3) is 5.69 Å². The first-order valence-corrected chi connectivity index (χ1v) is 8.92. The first kappa shape index (κ1) is 20.7. The van der Waals surface area contributed by atoms with Crippen molar-refractivity contribution in [3.05, 3.63) is 75.3 Å². The number of aryl methyl sites for hydroxylation is 2. The third kappa shape index (κ3) is 4.86. The van der Waals surface area contributed by atoms with Crippen LogP contribution in [0.1, 0.15) is 17.7 Å². The number of pyridine rings is 1. The van der Waals surface area contributed by atoms with Crippen molar-refractivity contribution < 1.29 is 18.0 Å². The van der Waals surface area contributed by atoms with Crippen LogP contribution in [0.5, 0.6) is 0 Å². The lowest BCUT2D eigenvalue weighted by molar-refractivity contribution is -0.137. The summed E-state index contributed by atoms with van der Waals surface area (Å²) in [7, 11) is 0. The summed E-state index contributed by atoms with van der Waals surface area (Å²) in [6, 6.07) is 9.04. The molecule has 0 radical (unpaired) electrons. The fourth-order valence-electron chi connectivity index (χ4n) is 2.70. The number of amides is 1. The van der Waals surface area contributed by atoms with E-state index in [1.165, 1.54) is 16.7 Å². The van der Waals surface area contributed by atoms with Crippen LogP contribution in [0.3, 0.4) is 0 Å². The van der Waals surface area contributed by atoms with Gasteiger partial charge in [-0.2, -0.15) is 18.3 Å². The van der Waals surface area contributed by atoms with Crippen LogP contribution >= 0.6 is 11.6 Å². The summed E-state index contributed by atoms with van der Waals surface area (Å²) in [6.45, 7) is 1.79. The number of hydrogen-bond acceptors (Lipinski definition) is 3. The molecule has 29 heavy (non-hydrogen) atoms. The summed E-state index contributed by atoms with van der Waals surface area (Å²) in [5.74, 6) is -0.251. The number of rotatable bonds is 5. The number of nitrogens with one attached hydrogen (secondary N) is 1. The topological polar surface area (TPSA) is 68.9 Å². The molecule has 0 saturated carbocycles. The van der Waals surface area contributed by atoms with E-state index in [0.717, 1.165) is 22.9 Å². The Labute approximate surface area is 168 Å². The van der Waals surface area contributed by atoms with Crippen molar-refractivity contribution >= 4 is 23.3 Å². The lowest BCUT2D eigenvalue weighted by atomic mass is 10.2. The zero-order chi connectivity index (χ0) is 21.2. The largest absolute Gasteiger partial charge is 0.416 e. The van der Waals surface area contributed by atoms with E-state index >= 15 is 0 Å². The van der Waals surface area contributed by atoms with Gasteiger partial charge in [-0.1, -0.05) is 17.7 Å². The molecule has 2 heterocycles. The number of anilines is 1. The van der Waals surface area contributed by atoms with Crippen LogP contribution < -0.4 is 10.9 Å². The summed E-state index contributed by atoms with van der Waals surface area (Å²) in [5, 5.41) is 6.81. The van der Waals surface area contributed by atoms with E-state index in [-0.39, 0.29) is 35.1 Å². The first-order valence-electron chi connectivity index (χ1n) is 8.54. The number of nitrogens with zero attached hydrogens (tertiary/aromatic N) is 3. The molecular weight excluding hydrogens is 409 g/mol. The number of benzene rings is 1. The number of aromatic nitrogens is 3. The number of alkyl halides is 3. The van der Waals surface area contributed by atoms with Crippen molar-refractivity contribution in [1.82, 2.24) is 14.3 Å². The summed E-state index contributed by atoms with van der Waals surface area (Å²) in [5.41, 5.74) is -0.653. The van der Waals surface area contributed by atoms with Gasteiger partial charge in [-0.3, -0.25) is 9.59 Å². The second-order valence-electron chi connectivity index (χ2n) is 6.28.